The van der Waals surface area contributed by atoms with Crippen molar-refractivity contribution in [2.24, 2.45) is 5.92 Å². The number of ether oxygens (including phenoxy) is 2. The fraction of sp³-hybridized carbons (Fsp3) is 0.812. The minimum atomic E-state index is -0.373. The zero-order chi connectivity index (χ0) is 16.7. The van der Waals surface area contributed by atoms with Gasteiger partial charge in [0.1, 0.15) is 0 Å². The fourth-order valence-corrected chi connectivity index (χ4v) is 2.83. The van der Waals surface area contributed by atoms with Gasteiger partial charge in [-0.25, -0.2) is 4.68 Å². The molecular weight excluding hydrogens is 296 g/mol. The van der Waals surface area contributed by atoms with E-state index in [9.17, 15) is 4.79 Å². The van der Waals surface area contributed by atoms with Gasteiger partial charge in [-0.2, -0.15) is 0 Å². The Kier molecular flexibility index (Phi) is 6.98. The highest BCUT2D eigenvalue weighted by Crippen LogP contribution is 2.23. The quantitative estimate of drug-likeness (QED) is 0.740. The molecule has 0 spiro atoms. The maximum absolute atomic E-state index is 12.3. The Morgan fingerprint density at radius 1 is 1.30 bits per heavy atom. The molecule has 2 rings (SSSR count). The van der Waals surface area contributed by atoms with E-state index in [-0.39, 0.29) is 18.2 Å². The van der Waals surface area contributed by atoms with Crippen LogP contribution in [-0.4, -0.2) is 46.4 Å². The van der Waals surface area contributed by atoms with Gasteiger partial charge in [0.15, 0.2) is 12.0 Å². The topological polar surface area (TPSA) is 78.3 Å². The Morgan fingerprint density at radius 3 is 2.57 bits per heavy atom. The average molecular weight is 324 g/mol. The van der Waals surface area contributed by atoms with Gasteiger partial charge in [0.05, 0.1) is 12.7 Å². The predicted molar refractivity (Wildman–Crippen MR) is 85.9 cm³/mol. The Labute approximate surface area is 137 Å². The van der Waals surface area contributed by atoms with Gasteiger partial charge in [0.2, 0.25) is 0 Å². The molecule has 0 aliphatic heterocycles. The summed E-state index contributed by atoms with van der Waals surface area (Å²) >= 11 is 0. The first-order valence-corrected chi connectivity index (χ1v) is 8.56. The van der Waals surface area contributed by atoms with E-state index in [2.05, 4.69) is 22.6 Å². The zero-order valence-corrected chi connectivity index (χ0v) is 14.3. The summed E-state index contributed by atoms with van der Waals surface area (Å²) in [6, 6.07) is 0.253. The predicted octanol–water partition coefficient (Wildman–Crippen LogP) is 1.99. The summed E-state index contributed by atoms with van der Waals surface area (Å²) in [5.41, 5.74) is 0.343. The molecule has 1 aliphatic carbocycles. The van der Waals surface area contributed by atoms with E-state index in [0.717, 1.165) is 18.8 Å². The molecule has 0 bridgehead atoms. The van der Waals surface area contributed by atoms with Gasteiger partial charge in [0.25, 0.3) is 5.91 Å². The Hall–Kier alpha value is -1.47. The van der Waals surface area contributed by atoms with Gasteiger partial charge in [-0.05, 0) is 45.4 Å². The van der Waals surface area contributed by atoms with E-state index in [4.69, 9.17) is 9.47 Å². The molecule has 1 aromatic heterocycles. The molecule has 1 aliphatic rings. The van der Waals surface area contributed by atoms with Crippen LogP contribution in [0.5, 0.6) is 0 Å². The number of carbonyl (C=O) groups is 1. The van der Waals surface area contributed by atoms with Crippen molar-refractivity contribution < 1.29 is 14.3 Å². The third-order valence-electron chi connectivity index (χ3n) is 4.16. The second-order valence-corrected chi connectivity index (χ2v) is 6.10. The first-order chi connectivity index (χ1) is 11.1. The highest BCUT2D eigenvalue weighted by Gasteiger charge is 2.22. The van der Waals surface area contributed by atoms with Crippen LogP contribution < -0.4 is 5.32 Å². The second kappa shape index (κ2) is 8.98. The van der Waals surface area contributed by atoms with Crippen molar-refractivity contribution in [2.75, 3.05) is 13.2 Å². The van der Waals surface area contributed by atoms with Gasteiger partial charge < -0.3 is 14.8 Å². The minimum Gasteiger partial charge on any atom is -0.351 e. The molecular formula is C16H28N4O3. The average Bonchev–Trinajstić information content (AvgIpc) is 2.99. The maximum Gasteiger partial charge on any atom is 0.273 e. The largest absolute Gasteiger partial charge is 0.351 e. The molecule has 0 unspecified atom stereocenters. The van der Waals surface area contributed by atoms with Gasteiger partial charge in [0, 0.05) is 19.3 Å². The van der Waals surface area contributed by atoms with Crippen molar-refractivity contribution in [3.05, 3.63) is 11.9 Å². The van der Waals surface area contributed by atoms with Gasteiger partial charge in [-0.3, -0.25) is 4.79 Å². The molecule has 1 aromatic rings. The number of rotatable bonds is 8. The van der Waals surface area contributed by atoms with Crippen LogP contribution in [0.1, 0.15) is 56.9 Å². The van der Waals surface area contributed by atoms with Crippen molar-refractivity contribution in [1.82, 2.24) is 20.3 Å². The van der Waals surface area contributed by atoms with Gasteiger partial charge >= 0.3 is 0 Å². The fourth-order valence-electron chi connectivity index (χ4n) is 2.83. The highest BCUT2D eigenvalue weighted by atomic mass is 16.7. The molecule has 7 heteroatoms. The molecule has 1 saturated carbocycles. The molecule has 1 N–H and O–H groups in total. The highest BCUT2D eigenvalue weighted by molar-refractivity contribution is 5.92. The van der Waals surface area contributed by atoms with Gasteiger partial charge in [-0.15, -0.1) is 5.10 Å². The molecule has 23 heavy (non-hydrogen) atoms. The number of hydrogen-bond donors (Lipinski definition) is 1. The van der Waals surface area contributed by atoms with Crippen LogP contribution in [0.15, 0.2) is 6.20 Å². The first kappa shape index (κ1) is 17.9. The van der Waals surface area contributed by atoms with Crippen molar-refractivity contribution >= 4 is 5.91 Å². The van der Waals surface area contributed by atoms with Crippen LogP contribution in [0.3, 0.4) is 0 Å². The molecule has 1 fully saturated rings. The summed E-state index contributed by atoms with van der Waals surface area (Å²) in [6.07, 6.45) is 5.69. The lowest BCUT2D eigenvalue weighted by Crippen LogP contribution is -2.37. The van der Waals surface area contributed by atoms with E-state index in [1.807, 2.05) is 13.8 Å². The van der Waals surface area contributed by atoms with Crippen LogP contribution in [0.4, 0.5) is 0 Å². The number of nitrogens with zero attached hydrogens (tertiary/aromatic N) is 3. The van der Waals surface area contributed by atoms with E-state index >= 15 is 0 Å². The SMILES string of the molecule is CCOC(Cn1cc(C(=O)NC2CCC(C)CC2)nn1)OCC. The smallest absolute Gasteiger partial charge is 0.273 e. The summed E-state index contributed by atoms with van der Waals surface area (Å²) in [7, 11) is 0. The number of amides is 1. The van der Waals surface area contributed by atoms with Crippen molar-refractivity contribution in [3.8, 4) is 0 Å². The molecule has 0 radical (unpaired) electrons. The number of nitrogens with one attached hydrogen (secondary N) is 1. The third kappa shape index (κ3) is 5.58. The molecule has 130 valence electrons. The summed E-state index contributed by atoms with van der Waals surface area (Å²) in [4.78, 5) is 12.3. The van der Waals surface area contributed by atoms with E-state index < -0.39 is 0 Å². The monoisotopic (exact) mass is 324 g/mol. The Balaban J connectivity index is 1.86. The lowest BCUT2D eigenvalue weighted by atomic mass is 9.87. The number of hydrogen-bond acceptors (Lipinski definition) is 5. The standard InChI is InChI=1S/C16H28N4O3/c1-4-22-15(23-5-2)11-20-10-14(18-19-20)16(21)17-13-8-6-12(3)7-9-13/h10,12-13,15H,4-9,11H2,1-3H3,(H,17,21). The van der Waals surface area contributed by atoms with Crippen LogP contribution in [0.25, 0.3) is 0 Å². The maximum atomic E-state index is 12.3. The second-order valence-electron chi connectivity index (χ2n) is 6.10. The summed E-state index contributed by atoms with van der Waals surface area (Å²) in [6.45, 7) is 7.63. The molecule has 0 aromatic carbocycles. The van der Waals surface area contributed by atoms with E-state index in [1.165, 1.54) is 12.8 Å². The summed E-state index contributed by atoms with van der Waals surface area (Å²) in [5.74, 6) is 0.610. The molecule has 0 atom stereocenters. The minimum absolute atomic E-state index is 0.153. The van der Waals surface area contributed by atoms with Crippen LogP contribution >= 0.6 is 0 Å². The summed E-state index contributed by atoms with van der Waals surface area (Å²) < 4.78 is 12.5. The van der Waals surface area contributed by atoms with Crippen molar-refractivity contribution in [2.45, 2.75) is 65.3 Å². The normalized spacial score (nSPS) is 21.6. The Morgan fingerprint density at radius 2 is 1.96 bits per heavy atom. The van der Waals surface area contributed by atoms with Crippen LogP contribution in [0, 0.1) is 5.92 Å². The van der Waals surface area contributed by atoms with Crippen molar-refractivity contribution in [3.63, 3.8) is 0 Å². The third-order valence-corrected chi connectivity index (χ3v) is 4.16. The number of carbonyl (C=O) groups excluding carboxylic acids is 1. The lowest BCUT2D eigenvalue weighted by Gasteiger charge is -2.26. The summed E-state index contributed by atoms with van der Waals surface area (Å²) in [5, 5.41) is 11.0. The van der Waals surface area contributed by atoms with Crippen LogP contribution in [-0.2, 0) is 16.0 Å². The Bertz CT molecular complexity index is 477. The van der Waals surface area contributed by atoms with Crippen molar-refractivity contribution in [1.29, 1.82) is 0 Å². The zero-order valence-electron chi connectivity index (χ0n) is 14.3. The van der Waals surface area contributed by atoms with E-state index in [1.54, 1.807) is 10.9 Å². The van der Waals surface area contributed by atoms with Gasteiger partial charge in [-0.1, -0.05) is 12.1 Å². The molecule has 7 nitrogen and oxygen atoms in total. The van der Waals surface area contributed by atoms with Crippen LogP contribution in [0.2, 0.25) is 0 Å². The molecule has 1 heterocycles. The van der Waals surface area contributed by atoms with E-state index in [0.29, 0.717) is 25.5 Å². The number of aromatic nitrogens is 3. The molecule has 0 saturated heterocycles. The lowest BCUT2D eigenvalue weighted by molar-refractivity contribution is -0.145. The molecule has 1 amide bonds. The first-order valence-electron chi connectivity index (χ1n) is 8.56.